The van der Waals surface area contributed by atoms with Crippen molar-refractivity contribution in [3.05, 3.63) is 0 Å². The van der Waals surface area contributed by atoms with Crippen LogP contribution in [0.3, 0.4) is 0 Å². The highest BCUT2D eigenvalue weighted by Gasteiger charge is 2.23. The first kappa shape index (κ1) is 10.8. The van der Waals surface area contributed by atoms with Crippen molar-refractivity contribution in [1.29, 1.82) is 5.26 Å². The minimum Gasteiger partial charge on any atom is -0.373 e. The van der Waals surface area contributed by atoms with Gasteiger partial charge in [-0.15, -0.1) is 11.6 Å². The van der Waals surface area contributed by atoms with Gasteiger partial charge in [0.1, 0.15) is 5.38 Å². The third-order valence-electron chi connectivity index (χ3n) is 2.05. The summed E-state index contributed by atoms with van der Waals surface area (Å²) in [7, 11) is 0. The van der Waals surface area contributed by atoms with E-state index in [1.54, 1.807) is 0 Å². The van der Waals surface area contributed by atoms with E-state index < -0.39 is 5.38 Å². The van der Waals surface area contributed by atoms with E-state index in [4.69, 9.17) is 21.6 Å². The lowest BCUT2D eigenvalue weighted by atomic mass is 10.2. The first-order valence-corrected chi connectivity index (χ1v) is 4.97. The van der Waals surface area contributed by atoms with Crippen LogP contribution in [0, 0.1) is 11.3 Å². The van der Waals surface area contributed by atoms with Gasteiger partial charge in [-0.05, 0) is 13.8 Å². The Morgan fingerprint density at radius 1 is 1.54 bits per heavy atom. The third-order valence-corrected chi connectivity index (χ3v) is 2.29. The second-order valence-corrected chi connectivity index (χ2v) is 4.10. The Kier molecular flexibility index (Phi) is 3.98. The maximum atomic E-state index is 8.56. The summed E-state index contributed by atoms with van der Waals surface area (Å²) in [5.74, 6) is 0. The molecule has 0 aromatic carbocycles. The van der Waals surface area contributed by atoms with Gasteiger partial charge < -0.3 is 4.74 Å². The molecule has 4 heteroatoms. The first-order valence-electron chi connectivity index (χ1n) is 4.53. The van der Waals surface area contributed by atoms with Crippen molar-refractivity contribution in [2.24, 2.45) is 0 Å². The van der Waals surface area contributed by atoms with Crippen LogP contribution in [0.2, 0.25) is 0 Å². The van der Waals surface area contributed by atoms with E-state index in [9.17, 15) is 0 Å². The Bertz CT molecular complexity index is 194. The van der Waals surface area contributed by atoms with Gasteiger partial charge in [0.05, 0.1) is 18.3 Å². The minimum atomic E-state index is -0.405. The van der Waals surface area contributed by atoms with E-state index in [0.717, 1.165) is 13.1 Å². The van der Waals surface area contributed by atoms with Gasteiger partial charge in [-0.1, -0.05) is 0 Å². The fraction of sp³-hybridized carbons (Fsp3) is 0.889. The molecule has 0 spiro atoms. The number of morpholine rings is 1. The largest absolute Gasteiger partial charge is 0.373 e. The van der Waals surface area contributed by atoms with Gasteiger partial charge in [0, 0.05) is 19.6 Å². The van der Waals surface area contributed by atoms with Crippen LogP contribution in [-0.2, 0) is 4.74 Å². The molecular weight excluding hydrogens is 188 g/mol. The normalized spacial score (nSPS) is 32.5. The topological polar surface area (TPSA) is 36.3 Å². The van der Waals surface area contributed by atoms with Crippen molar-refractivity contribution in [3.63, 3.8) is 0 Å². The molecule has 0 amide bonds. The average molecular weight is 203 g/mol. The van der Waals surface area contributed by atoms with E-state index in [1.807, 2.05) is 19.9 Å². The molecule has 1 aliphatic heterocycles. The fourth-order valence-electron chi connectivity index (χ4n) is 1.70. The highest BCUT2D eigenvalue weighted by atomic mass is 35.5. The lowest BCUT2D eigenvalue weighted by Gasteiger charge is -2.35. The molecule has 0 aliphatic carbocycles. The molecule has 0 radical (unpaired) electrons. The molecule has 0 N–H and O–H groups in total. The fourth-order valence-corrected chi connectivity index (χ4v) is 1.90. The van der Waals surface area contributed by atoms with Crippen molar-refractivity contribution in [2.75, 3.05) is 19.6 Å². The molecule has 0 bridgehead atoms. The Morgan fingerprint density at radius 3 is 2.54 bits per heavy atom. The summed E-state index contributed by atoms with van der Waals surface area (Å²) < 4.78 is 5.56. The maximum Gasteiger partial charge on any atom is 0.133 e. The van der Waals surface area contributed by atoms with Crippen molar-refractivity contribution in [2.45, 2.75) is 31.4 Å². The summed E-state index contributed by atoms with van der Waals surface area (Å²) >= 11 is 5.75. The number of halogens is 1. The second kappa shape index (κ2) is 4.80. The van der Waals surface area contributed by atoms with E-state index in [2.05, 4.69) is 4.90 Å². The van der Waals surface area contributed by atoms with Gasteiger partial charge in [-0.2, -0.15) is 5.26 Å². The molecule has 1 heterocycles. The molecule has 3 atom stereocenters. The van der Waals surface area contributed by atoms with Crippen molar-refractivity contribution in [3.8, 4) is 6.07 Å². The van der Waals surface area contributed by atoms with Gasteiger partial charge in [-0.25, -0.2) is 0 Å². The lowest BCUT2D eigenvalue weighted by Crippen LogP contribution is -2.47. The van der Waals surface area contributed by atoms with Gasteiger partial charge in [0.15, 0.2) is 0 Å². The zero-order valence-electron chi connectivity index (χ0n) is 8.03. The van der Waals surface area contributed by atoms with Crippen LogP contribution in [0.1, 0.15) is 13.8 Å². The molecule has 3 nitrogen and oxygen atoms in total. The predicted molar refractivity (Wildman–Crippen MR) is 51.7 cm³/mol. The summed E-state index contributed by atoms with van der Waals surface area (Å²) in [4.78, 5) is 2.18. The molecular formula is C9H15ClN2O. The van der Waals surface area contributed by atoms with E-state index >= 15 is 0 Å². The molecule has 0 saturated carbocycles. The van der Waals surface area contributed by atoms with E-state index in [0.29, 0.717) is 6.54 Å². The average Bonchev–Trinajstić information content (AvgIpc) is 2.02. The predicted octanol–water partition coefficient (Wildman–Crippen LogP) is 1.23. The Balaban J connectivity index is 2.38. The van der Waals surface area contributed by atoms with Crippen molar-refractivity contribution < 1.29 is 4.74 Å². The van der Waals surface area contributed by atoms with Crippen LogP contribution in [0.25, 0.3) is 0 Å². The van der Waals surface area contributed by atoms with Crippen LogP contribution in [0.4, 0.5) is 0 Å². The first-order chi connectivity index (χ1) is 6.11. The summed E-state index contributed by atoms with van der Waals surface area (Å²) in [5.41, 5.74) is 0. The number of ether oxygens (including phenoxy) is 1. The van der Waals surface area contributed by atoms with Crippen LogP contribution < -0.4 is 0 Å². The number of nitrogens with zero attached hydrogens (tertiary/aromatic N) is 2. The van der Waals surface area contributed by atoms with Crippen LogP contribution >= 0.6 is 11.6 Å². The van der Waals surface area contributed by atoms with E-state index in [1.165, 1.54) is 0 Å². The molecule has 1 unspecified atom stereocenters. The Labute approximate surface area is 84.2 Å². The third kappa shape index (κ3) is 3.51. The van der Waals surface area contributed by atoms with E-state index in [-0.39, 0.29) is 12.2 Å². The molecule has 0 aromatic rings. The zero-order valence-corrected chi connectivity index (χ0v) is 8.79. The quantitative estimate of drug-likeness (QED) is 0.632. The molecule has 0 aromatic heterocycles. The smallest absolute Gasteiger partial charge is 0.133 e. The molecule has 1 fully saturated rings. The number of rotatable bonds is 2. The zero-order chi connectivity index (χ0) is 9.84. The minimum absolute atomic E-state index is 0.242. The molecule has 1 aliphatic rings. The Morgan fingerprint density at radius 2 is 2.08 bits per heavy atom. The van der Waals surface area contributed by atoms with Gasteiger partial charge in [-0.3, -0.25) is 4.90 Å². The van der Waals surface area contributed by atoms with Crippen LogP contribution in [0.5, 0.6) is 0 Å². The SMILES string of the molecule is C[C@@H]1CN(CC(Cl)C#N)C[C@H](C)O1. The summed E-state index contributed by atoms with van der Waals surface area (Å²) in [5, 5.41) is 8.15. The number of alkyl halides is 1. The summed E-state index contributed by atoms with van der Waals surface area (Å²) in [6.07, 6.45) is 0.484. The monoisotopic (exact) mass is 202 g/mol. The van der Waals surface area contributed by atoms with Gasteiger partial charge in [0.25, 0.3) is 0 Å². The van der Waals surface area contributed by atoms with Gasteiger partial charge in [0.2, 0.25) is 0 Å². The van der Waals surface area contributed by atoms with Crippen molar-refractivity contribution in [1.82, 2.24) is 4.90 Å². The number of hydrogen-bond acceptors (Lipinski definition) is 3. The Hall–Kier alpha value is -0.300. The summed E-state index contributed by atoms with van der Waals surface area (Å²) in [6.45, 7) is 6.46. The van der Waals surface area contributed by atoms with Crippen LogP contribution in [-0.4, -0.2) is 42.1 Å². The second-order valence-electron chi connectivity index (χ2n) is 3.57. The van der Waals surface area contributed by atoms with Crippen molar-refractivity contribution >= 4 is 11.6 Å². The number of hydrogen-bond donors (Lipinski definition) is 0. The lowest BCUT2D eigenvalue weighted by molar-refractivity contribution is -0.0670. The van der Waals surface area contributed by atoms with Crippen LogP contribution in [0.15, 0.2) is 0 Å². The van der Waals surface area contributed by atoms with Gasteiger partial charge >= 0.3 is 0 Å². The standard InChI is InChI=1S/C9H15ClN2O/c1-7-4-12(5-8(2)13-7)6-9(10)3-11/h7-9H,4-6H2,1-2H3/t7-,8+,9?. The highest BCUT2D eigenvalue weighted by Crippen LogP contribution is 2.11. The highest BCUT2D eigenvalue weighted by molar-refractivity contribution is 6.22. The maximum absolute atomic E-state index is 8.56. The molecule has 1 saturated heterocycles. The molecule has 13 heavy (non-hydrogen) atoms. The molecule has 74 valence electrons. The summed E-state index contributed by atoms with van der Waals surface area (Å²) in [6, 6.07) is 2.02. The molecule has 1 rings (SSSR count). The number of nitriles is 1.